The molecule has 17 heavy (non-hydrogen) atoms. The molecule has 2 rings (SSSR count). The van der Waals surface area contributed by atoms with Crippen LogP contribution >= 0.6 is 11.3 Å². The maximum atomic E-state index is 9.05. The molecule has 0 aliphatic carbocycles. The maximum absolute atomic E-state index is 9.05. The fraction of sp³-hybridized carbons (Fsp3) is 0.308. The minimum absolute atomic E-state index is 0.0744. The lowest BCUT2D eigenvalue weighted by Gasteiger charge is -2.05. The van der Waals surface area contributed by atoms with Gasteiger partial charge in [0.05, 0.1) is 18.8 Å². The average Bonchev–Trinajstić information content (AvgIpc) is 2.67. The van der Waals surface area contributed by atoms with Crippen LogP contribution in [0, 0.1) is 13.8 Å². The van der Waals surface area contributed by atoms with Crippen LogP contribution in [0.15, 0.2) is 24.3 Å². The first-order chi connectivity index (χ1) is 8.19. The molecule has 0 atom stereocenters. The number of nitrogens with zero attached hydrogens (tertiary/aromatic N) is 1. The quantitative estimate of drug-likeness (QED) is 0.874. The number of benzene rings is 1. The third-order valence-corrected chi connectivity index (χ3v) is 3.70. The molecule has 90 valence electrons. The number of aliphatic hydroxyl groups is 1. The van der Waals surface area contributed by atoms with Crippen molar-refractivity contribution >= 4 is 17.0 Å². The highest BCUT2D eigenvalue weighted by Gasteiger charge is 2.03. The second-order valence-electron chi connectivity index (χ2n) is 3.96. The molecule has 0 radical (unpaired) electrons. The van der Waals surface area contributed by atoms with Gasteiger partial charge >= 0.3 is 0 Å². The lowest BCUT2D eigenvalue weighted by atomic mass is 10.2. The number of aliphatic hydroxyl groups excluding tert-OH is 1. The molecule has 0 aliphatic heterocycles. The summed E-state index contributed by atoms with van der Waals surface area (Å²) in [5, 5.41) is 13.5. The molecule has 0 aliphatic rings. The van der Waals surface area contributed by atoms with Gasteiger partial charge in [0, 0.05) is 10.6 Å². The summed E-state index contributed by atoms with van der Waals surface area (Å²) >= 11 is 1.72. The first kappa shape index (κ1) is 12.1. The zero-order chi connectivity index (χ0) is 12.3. The van der Waals surface area contributed by atoms with Gasteiger partial charge in [-0.3, -0.25) is 0 Å². The fourth-order valence-corrected chi connectivity index (χ4v) is 2.45. The summed E-state index contributed by atoms with van der Waals surface area (Å²) in [5.41, 5.74) is 3.04. The number of anilines is 1. The van der Waals surface area contributed by atoms with Crippen LogP contribution in [-0.2, 0) is 13.2 Å². The first-order valence-electron chi connectivity index (χ1n) is 5.55. The number of aromatic nitrogens is 1. The Hall–Kier alpha value is -1.39. The van der Waals surface area contributed by atoms with E-state index in [0.29, 0.717) is 0 Å². The highest BCUT2D eigenvalue weighted by atomic mass is 32.1. The molecule has 4 heteroatoms. The summed E-state index contributed by atoms with van der Waals surface area (Å²) in [4.78, 5) is 5.74. The zero-order valence-corrected chi connectivity index (χ0v) is 10.8. The van der Waals surface area contributed by atoms with Gasteiger partial charge in [-0.2, -0.15) is 0 Å². The molecule has 1 aromatic heterocycles. The Morgan fingerprint density at radius 3 is 2.82 bits per heavy atom. The molecule has 0 amide bonds. The summed E-state index contributed by atoms with van der Waals surface area (Å²) in [7, 11) is 0. The van der Waals surface area contributed by atoms with Crippen molar-refractivity contribution in [2.75, 3.05) is 5.32 Å². The molecule has 2 N–H and O–H groups in total. The van der Waals surface area contributed by atoms with Crippen molar-refractivity contribution in [1.29, 1.82) is 0 Å². The number of thiazole rings is 1. The summed E-state index contributed by atoms with van der Waals surface area (Å²) in [6.45, 7) is 4.92. The number of nitrogens with one attached hydrogen (secondary N) is 1. The van der Waals surface area contributed by atoms with Crippen molar-refractivity contribution < 1.29 is 5.11 Å². The Labute approximate surface area is 105 Å². The summed E-state index contributed by atoms with van der Waals surface area (Å²) in [6.07, 6.45) is 0. The minimum atomic E-state index is 0.0744. The van der Waals surface area contributed by atoms with Crippen molar-refractivity contribution in [1.82, 2.24) is 4.98 Å². The van der Waals surface area contributed by atoms with Crippen LogP contribution in [0.1, 0.15) is 21.1 Å². The van der Waals surface area contributed by atoms with Crippen LogP contribution in [0.4, 0.5) is 5.69 Å². The molecule has 0 bridgehead atoms. The number of hydrogen-bond acceptors (Lipinski definition) is 4. The van der Waals surface area contributed by atoms with Gasteiger partial charge in [0.15, 0.2) is 0 Å². The third kappa shape index (κ3) is 3.05. The summed E-state index contributed by atoms with van der Waals surface area (Å²) in [5.74, 6) is 0. The topological polar surface area (TPSA) is 45.2 Å². The lowest BCUT2D eigenvalue weighted by molar-refractivity contribution is 0.282. The van der Waals surface area contributed by atoms with E-state index in [1.807, 2.05) is 31.2 Å². The number of hydrogen-bond donors (Lipinski definition) is 2. The third-order valence-electron chi connectivity index (χ3n) is 2.63. The molecule has 1 heterocycles. The predicted molar refractivity (Wildman–Crippen MR) is 71.3 cm³/mol. The lowest BCUT2D eigenvalue weighted by Crippen LogP contribution is -1.99. The van der Waals surface area contributed by atoms with Crippen molar-refractivity contribution in [3.05, 3.63) is 45.4 Å². The molecule has 0 unspecified atom stereocenters. The molecule has 1 aromatic carbocycles. The van der Waals surface area contributed by atoms with Gasteiger partial charge in [-0.1, -0.05) is 12.1 Å². The van der Waals surface area contributed by atoms with Crippen LogP contribution in [-0.4, -0.2) is 10.1 Å². The van der Waals surface area contributed by atoms with Crippen molar-refractivity contribution in [3.8, 4) is 0 Å². The molecule has 2 aromatic rings. The van der Waals surface area contributed by atoms with E-state index in [9.17, 15) is 0 Å². The van der Waals surface area contributed by atoms with Gasteiger partial charge in [-0.25, -0.2) is 4.98 Å². The predicted octanol–water partition coefficient (Wildman–Crippen LogP) is 2.86. The van der Waals surface area contributed by atoms with Gasteiger partial charge in [-0.15, -0.1) is 11.3 Å². The molecule has 0 saturated carbocycles. The molecule has 3 nitrogen and oxygen atoms in total. The Morgan fingerprint density at radius 2 is 2.18 bits per heavy atom. The summed E-state index contributed by atoms with van der Waals surface area (Å²) in [6, 6.07) is 7.79. The first-order valence-corrected chi connectivity index (χ1v) is 6.37. The fourth-order valence-electron chi connectivity index (χ4n) is 1.57. The van der Waals surface area contributed by atoms with Gasteiger partial charge in [0.25, 0.3) is 0 Å². The van der Waals surface area contributed by atoms with Crippen LogP contribution < -0.4 is 5.32 Å². The van der Waals surface area contributed by atoms with E-state index >= 15 is 0 Å². The molecular formula is C13H16N2OS. The molecule has 0 fully saturated rings. The van der Waals surface area contributed by atoms with E-state index in [0.717, 1.165) is 28.5 Å². The van der Waals surface area contributed by atoms with Crippen molar-refractivity contribution in [3.63, 3.8) is 0 Å². The van der Waals surface area contributed by atoms with Crippen LogP contribution in [0.25, 0.3) is 0 Å². The second kappa shape index (κ2) is 5.29. The number of rotatable bonds is 4. The van der Waals surface area contributed by atoms with E-state index in [4.69, 9.17) is 5.11 Å². The Balaban J connectivity index is 2.01. The van der Waals surface area contributed by atoms with Crippen LogP contribution in [0.5, 0.6) is 0 Å². The molecule has 0 saturated heterocycles. The van der Waals surface area contributed by atoms with Gasteiger partial charge in [0.2, 0.25) is 0 Å². The Morgan fingerprint density at radius 1 is 1.35 bits per heavy atom. The largest absolute Gasteiger partial charge is 0.392 e. The molecule has 0 spiro atoms. The van der Waals surface area contributed by atoms with E-state index in [-0.39, 0.29) is 6.61 Å². The van der Waals surface area contributed by atoms with Crippen molar-refractivity contribution in [2.45, 2.75) is 27.0 Å². The van der Waals surface area contributed by atoms with Crippen molar-refractivity contribution in [2.24, 2.45) is 0 Å². The van der Waals surface area contributed by atoms with E-state index in [2.05, 4.69) is 17.2 Å². The van der Waals surface area contributed by atoms with E-state index < -0.39 is 0 Å². The normalized spacial score (nSPS) is 10.5. The van der Waals surface area contributed by atoms with E-state index in [1.165, 1.54) is 4.88 Å². The van der Waals surface area contributed by atoms with Gasteiger partial charge in [-0.05, 0) is 31.5 Å². The summed E-state index contributed by atoms with van der Waals surface area (Å²) < 4.78 is 0. The Kier molecular flexibility index (Phi) is 3.76. The monoisotopic (exact) mass is 248 g/mol. The highest BCUT2D eigenvalue weighted by Crippen LogP contribution is 2.18. The van der Waals surface area contributed by atoms with E-state index in [1.54, 1.807) is 11.3 Å². The standard InChI is InChI=1S/C13H16N2OS/c1-9-10(2)17-13(15-9)7-14-12-5-3-4-11(6-12)8-16/h3-6,14,16H,7-8H2,1-2H3. The second-order valence-corrected chi connectivity index (χ2v) is 5.25. The van der Waals surface area contributed by atoms with Gasteiger partial charge in [0.1, 0.15) is 5.01 Å². The maximum Gasteiger partial charge on any atom is 0.112 e. The number of aryl methyl sites for hydroxylation is 2. The average molecular weight is 248 g/mol. The minimum Gasteiger partial charge on any atom is -0.392 e. The van der Waals surface area contributed by atoms with Crippen LogP contribution in [0.2, 0.25) is 0 Å². The zero-order valence-electron chi connectivity index (χ0n) is 10.0. The molecular weight excluding hydrogens is 232 g/mol. The SMILES string of the molecule is Cc1nc(CNc2cccc(CO)c2)sc1C. The van der Waals surface area contributed by atoms with Gasteiger partial charge < -0.3 is 10.4 Å². The van der Waals surface area contributed by atoms with Crippen LogP contribution in [0.3, 0.4) is 0 Å². The Bertz CT molecular complexity index is 488. The highest BCUT2D eigenvalue weighted by molar-refractivity contribution is 7.11. The smallest absolute Gasteiger partial charge is 0.112 e.